The molecule has 2 aliphatic carbocycles. The highest BCUT2D eigenvalue weighted by Gasteiger charge is 2.31. The smallest absolute Gasteiger partial charge is 0.407 e. The summed E-state index contributed by atoms with van der Waals surface area (Å²) in [4.78, 5) is 36.3. The van der Waals surface area contributed by atoms with Gasteiger partial charge in [-0.2, -0.15) is 0 Å². The summed E-state index contributed by atoms with van der Waals surface area (Å²) in [6.45, 7) is 4.13. The van der Waals surface area contributed by atoms with Crippen molar-refractivity contribution in [1.82, 2.24) is 10.6 Å². The molecule has 1 unspecified atom stereocenters. The molecule has 2 aromatic rings. The monoisotopic (exact) mass is 478 g/mol. The Kier molecular flexibility index (Phi) is 7.73. The van der Waals surface area contributed by atoms with Crippen LogP contribution in [0.15, 0.2) is 48.5 Å². The Morgan fingerprint density at radius 3 is 2.23 bits per heavy atom. The second-order valence-electron chi connectivity index (χ2n) is 10.1. The number of carbonyl (C=O) groups excluding carboxylic acids is 2. The number of ether oxygens (including phenoxy) is 1. The zero-order chi connectivity index (χ0) is 24.9. The molecule has 7 heteroatoms. The lowest BCUT2D eigenvalue weighted by Crippen LogP contribution is -2.42. The van der Waals surface area contributed by atoms with Crippen molar-refractivity contribution in [1.29, 1.82) is 0 Å². The standard InChI is InChI=1S/C28H34N2O5/c1-17(2)13-25(27(32)33)30-26(31)15-18-11-12-19(14-18)29-28(34)35-16-24-22-9-5-3-7-20(22)21-8-4-6-10-23(21)24/h3-10,17-19,24-25H,11-16H2,1-2H3,(H,29,34)(H,30,31)(H,32,33)/t18-,19+,25?/m1/s1. The number of benzene rings is 2. The molecule has 3 N–H and O–H groups in total. The van der Waals surface area contributed by atoms with Crippen molar-refractivity contribution in [2.75, 3.05) is 6.61 Å². The van der Waals surface area contributed by atoms with E-state index in [4.69, 9.17) is 4.74 Å². The van der Waals surface area contributed by atoms with Gasteiger partial charge < -0.3 is 20.5 Å². The zero-order valence-electron chi connectivity index (χ0n) is 20.3. The Morgan fingerprint density at radius 2 is 1.63 bits per heavy atom. The molecule has 3 atom stereocenters. The number of carboxylic acid groups (broad SMARTS) is 1. The highest BCUT2D eigenvalue weighted by Crippen LogP contribution is 2.44. The number of rotatable bonds is 9. The number of nitrogens with one attached hydrogen (secondary N) is 2. The summed E-state index contributed by atoms with van der Waals surface area (Å²) in [6, 6.07) is 15.5. The van der Waals surface area contributed by atoms with E-state index in [0.717, 1.165) is 12.8 Å². The molecule has 0 radical (unpaired) electrons. The molecule has 2 aliphatic rings. The number of hydrogen-bond acceptors (Lipinski definition) is 4. The molecule has 0 heterocycles. The van der Waals surface area contributed by atoms with Crippen molar-refractivity contribution in [3.8, 4) is 11.1 Å². The van der Waals surface area contributed by atoms with E-state index in [1.807, 2.05) is 38.1 Å². The van der Waals surface area contributed by atoms with Gasteiger partial charge in [0.1, 0.15) is 12.6 Å². The number of aliphatic carboxylic acids is 1. The Bertz CT molecular complexity index is 1040. The molecule has 7 nitrogen and oxygen atoms in total. The molecule has 0 spiro atoms. The van der Waals surface area contributed by atoms with Crippen LogP contribution in [0, 0.1) is 11.8 Å². The molecular formula is C28H34N2O5. The molecule has 2 aromatic carbocycles. The van der Waals surface area contributed by atoms with Gasteiger partial charge in [0, 0.05) is 18.4 Å². The van der Waals surface area contributed by atoms with Crippen LogP contribution in [-0.4, -0.2) is 41.8 Å². The van der Waals surface area contributed by atoms with Crippen LogP contribution in [0.5, 0.6) is 0 Å². The highest BCUT2D eigenvalue weighted by atomic mass is 16.5. The van der Waals surface area contributed by atoms with Crippen LogP contribution in [0.25, 0.3) is 11.1 Å². The molecule has 0 aliphatic heterocycles. The van der Waals surface area contributed by atoms with E-state index in [-0.39, 0.29) is 42.7 Å². The van der Waals surface area contributed by atoms with Gasteiger partial charge in [0.15, 0.2) is 0 Å². The van der Waals surface area contributed by atoms with Crippen molar-refractivity contribution in [3.63, 3.8) is 0 Å². The third-order valence-electron chi connectivity index (χ3n) is 7.02. The normalized spacial score (nSPS) is 19.6. The molecule has 0 bridgehead atoms. The predicted octanol–water partition coefficient (Wildman–Crippen LogP) is 4.70. The van der Waals surface area contributed by atoms with Gasteiger partial charge in [-0.1, -0.05) is 62.4 Å². The van der Waals surface area contributed by atoms with Crippen LogP contribution in [-0.2, 0) is 14.3 Å². The highest BCUT2D eigenvalue weighted by molar-refractivity contribution is 5.83. The SMILES string of the molecule is CC(C)CC(NC(=O)C[C@@H]1CC[C@H](NC(=O)OCC2c3ccccc3-c3ccccc32)C1)C(=O)O. The summed E-state index contributed by atoms with van der Waals surface area (Å²) in [5, 5.41) is 14.9. The summed E-state index contributed by atoms with van der Waals surface area (Å²) in [5.41, 5.74) is 4.72. The van der Waals surface area contributed by atoms with E-state index in [1.165, 1.54) is 22.3 Å². The Labute approximate surface area is 206 Å². The van der Waals surface area contributed by atoms with Crippen LogP contribution in [0.3, 0.4) is 0 Å². The molecule has 4 rings (SSSR count). The topological polar surface area (TPSA) is 105 Å². The molecule has 2 amide bonds. The summed E-state index contributed by atoms with van der Waals surface area (Å²) in [6.07, 6.45) is 2.49. The number of hydrogen-bond donors (Lipinski definition) is 3. The van der Waals surface area contributed by atoms with Crippen LogP contribution >= 0.6 is 0 Å². The molecular weight excluding hydrogens is 444 g/mol. The Balaban J connectivity index is 1.24. The lowest BCUT2D eigenvalue weighted by atomic mass is 9.98. The number of fused-ring (bicyclic) bond motifs is 3. The van der Waals surface area contributed by atoms with E-state index < -0.39 is 18.1 Å². The Hall–Kier alpha value is -3.35. The molecule has 1 fully saturated rings. The van der Waals surface area contributed by atoms with Gasteiger partial charge in [-0.15, -0.1) is 0 Å². The first-order valence-corrected chi connectivity index (χ1v) is 12.5. The summed E-state index contributed by atoms with van der Waals surface area (Å²) < 4.78 is 5.64. The first-order valence-electron chi connectivity index (χ1n) is 12.5. The second kappa shape index (κ2) is 10.9. The first-order chi connectivity index (χ1) is 16.8. The maximum absolute atomic E-state index is 12.6. The lowest BCUT2D eigenvalue weighted by molar-refractivity contribution is -0.142. The fourth-order valence-corrected chi connectivity index (χ4v) is 5.41. The molecule has 0 saturated heterocycles. The van der Waals surface area contributed by atoms with Crippen LogP contribution in [0.2, 0.25) is 0 Å². The van der Waals surface area contributed by atoms with E-state index in [2.05, 4.69) is 34.9 Å². The molecule has 35 heavy (non-hydrogen) atoms. The zero-order valence-corrected chi connectivity index (χ0v) is 20.3. The minimum absolute atomic E-state index is 0.0150. The second-order valence-corrected chi connectivity index (χ2v) is 10.1. The van der Waals surface area contributed by atoms with Gasteiger partial charge in [0.2, 0.25) is 5.91 Å². The minimum atomic E-state index is -1.01. The van der Waals surface area contributed by atoms with E-state index in [1.54, 1.807) is 0 Å². The van der Waals surface area contributed by atoms with Crippen molar-refractivity contribution in [2.45, 2.75) is 64.0 Å². The maximum Gasteiger partial charge on any atom is 0.407 e. The van der Waals surface area contributed by atoms with Crippen molar-refractivity contribution in [3.05, 3.63) is 59.7 Å². The first kappa shape index (κ1) is 24.8. The summed E-state index contributed by atoms with van der Waals surface area (Å²) in [7, 11) is 0. The number of carboxylic acids is 1. The van der Waals surface area contributed by atoms with Gasteiger partial charge in [0.05, 0.1) is 0 Å². The molecule has 0 aromatic heterocycles. The maximum atomic E-state index is 12.6. The van der Waals surface area contributed by atoms with Gasteiger partial charge in [0.25, 0.3) is 0 Å². The van der Waals surface area contributed by atoms with Crippen molar-refractivity contribution >= 4 is 18.0 Å². The van der Waals surface area contributed by atoms with Crippen molar-refractivity contribution < 1.29 is 24.2 Å². The third-order valence-corrected chi connectivity index (χ3v) is 7.02. The quantitative estimate of drug-likeness (QED) is 0.485. The third kappa shape index (κ3) is 6.02. The minimum Gasteiger partial charge on any atom is -0.480 e. The summed E-state index contributed by atoms with van der Waals surface area (Å²) >= 11 is 0. The summed E-state index contributed by atoms with van der Waals surface area (Å²) in [5.74, 6) is -0.949. The largest absolute Gasteiger partial charge is 0.480 e. The van der Waals surface area contributed by atoms with Crippen LogP contribution < -0.4 is 10.6 Å². The number of amides is 2. The average Bonchev–Trinajstić information content (AvgIpc) is 3.38. The van der Waals surface area contributed by atoms with Gasteiger partial charge in [-0.25, -0.2) is 9.59 Å². The predicted molar refractivity (Wildman–Crippen MR) is 133 cm³/mol. The fourth-order valence-electron chi connectivity index (χ4n) is 5.41. The molecule has 1 saturated carbocycles. The lowest BCUT2D eigenvalue weighted by Gasteiger charge is -2.18. The molecule has 186 valence electrons. The van der Waals surface area contributed by atoms with E-state index in [0.29, 0.717) is 12.8 Å². The Morgan fingerprint density at radius 1 is 1.00 bits per heavy atom. The van der Waals surface area contributed by atoms with Crippen molar-refractivity contribution in [2.24, 2.45) is 11.8 Å². The fraction of sp³-hybridized carbons (Fsp3) is 0.464. The van der Waals surface area contributed by atoms with Gasteiger partial charge in [-0.05, 0) is 59.8 Å². The number of alkyl carbamates (subject to hydrolysis) is 1. The van der Waals surface area contributed by atoms with Crippen LogP contribution in [0.4, 0.5) is 4.79 Å². The van der Waals surface area contributed by atoms with Crippen LogP contribution in [0.1, 0.15) is 63.0 Å². The number of carbonyl (C=O) groups is 3. The van der Waals surface area contributed by atoms with E-state index in [9.17, 15) is 19.5 Å². The average molecular weight is 479 g/mol. The van der Waals surface area contributed by atoms with E-state index >= 15 is 0 Å². The van der Waals surface area contributed by atoms with Gasteiger partial charge >= 0.3 is 12.1 Å². The van der Waals surface area contributed by atoms with Gasteiger partial charge in [-0.3, -0.25) is 4.79 Å².